The van der Waals surface area contributed by atoms with Gasteiger partial charge >= 0.3 is 32.2 Å². The van der Waals surface area contributed by atoms with Crippen molar-refractivity contribution in [1.29, 1.82) is 0 Å². The van der Waals surface area contributed by atoms with E-state index in [9.17, 15) is 4.11 Å². The van der Waals surface area contributed by atoms with Crippen LogP contribution in [0, 0.1) is 0 Å². The fraction of sp³-hybridized carbons (Fsp3) is 0. The first-order valence-corrected chi connectivity index (χ1v) is 2.58. The predicted octanol–water partition coefficient (Wildman–Crippen LogP) is -3.73. The highest BCUT2D eigenvalue weighted by Crippen LogP contribution is 1.79. The maximum Gasteiger partial charge on any atom is 0.711 e. The molecule has 3 N–H and O–H groups in total. The summed E-state index contributed by atoms with van der Waals surface area (Å²) in [6.45, 7) is 0. The van der Waals surface area contributed by atoms with Crippen molar-refractivity contribution in [3.05, 3.63) is 0 Å². The lowest BCUT2D eigenvalue weighted by atomic mass is 15.8. The summed E-state index contributed by atoms with van der Waals surface area (Å²) >= 11 is 0. The molecule has 0 bridgehead atoms. The molecule has 0 rings (SSSR count). The molecular weight excluding hydrogens is 146 g/mol. The van der Waals surface area contributed by atoms with E-state index in [-0.39, 0.29) is 40.4 Å². The Balaban J connectivity index is -0.0000000800. The predicted molar refractivity (Wildman–Crippen MR) is 32.0 cm³/mol. The summed E-state index contributed by atoms with van der Waals surface area (Å²) in [6.07, 6.45) is 0. The summed E-state index contributed by atoms with van der Waals surface area (Å²) in [7, 11) is -5.11. The SMILES string of the molecule is O[Si](O)(O)F.[AlH3].[MgH2]. The van der Waals surface area contributed by atoms with Gasteiger partial charge in [0.2, 0.25) is 0 Å². The van der Waals surface area contributed by atoms with E-state index < -0.39 is 9.14 Å². The molecule has 0 atom stereocenters. The molecule has 7 heteroatoms. The smallest absolute Gasteiger partial charge is 0.365 e. The van der Waals surface area contributed by atoms with Crippen LogP contribution in [0.4, 0.5) is 4.11 Å². The summed E-state index contributed by atoms with van der Waals surface area (Å²) in [6, 6.07) is 0. The maximum atomic E-state index is 10.5. The third kappa shape index (κ3) is 118. The van der Waals surface area contributed by atoms with E-state index in [4.69, 9.17) is 14.4 Å². The number of hydrogen-bond donors (Lipinski definition) is 3. The van der Waals surface area contributed by atoms with Crippen LogP contribution >= 0.6 is 0 Å². The molecule has 0 aliphatic rings. The molecule has 0 aliphatic heterocycles. The van der Waals surface area contributed by atoms with Gasteiger partial charge in [0.1, 0.15) is 0 Å². The molecule has 0 amide bonds. The molecule has 0 aliphatic carbocycles. The summed E-state index contributed by atoms with van der Waals surface area (Å²) in [5.74, 6) is 0. The minimum absolute atomic E-state index is 0. The Morgan fingerprint density at radius 1 is 1.14 bits per heavy atom. The van der Waals surface area contributed by atoms with Crippen molar-refractivity contribution < 1.29 is 18.5 Å². The highest BCUT2D eigenvalue weighted by atomic mass is 28.4. The fourth-order valence-electron chi connectivity index (χ4n) is 0. The average Bonchev–Trinajstić information content (AvgIpc) is 0.722. The Bertz CT molecular complexity index is 30.4. The third-order valence-corrected chi connectivity index (χ3v) is 0. The van der Waals surface area contributed by atoms with Gasteiger partial charge in [-0.25, -0.2) is 4.11 Å². The van der Waals surface area contributed by atoms with Crippen molar-refractivity contribution in [1.82, 2.24) is 0 Å². The van der Waals surface area contributed by atoms with E-state index in [0.29, 0.717) is 0 Å². The monoisotopic (exact) mass is 154 g/mol. The van der Waals surface area contributed by atoms with Crippen LogP contribution in [-0.2, 0) is 0 Å². The molecule has 0 saturated heterocycles. The van der Waals surface area contributed by atoms with Gasteiger partial charge in [-0.3, -0.25) is 0 Å². The first-order chi connectivity index (χ1) is 2.00. The van der Waals surface area contributed by atoms with Crippen molar-refractivity contribution >= 4 is 49.6 Å². The van der Waals surface area contributed by atoms with E-state index >= 15 is 0 Å². The van der Waals surface area contributed by atoms with Crippen molar-refractivity contribution in [2.24, 2.45) is 0 Å². The van der Waals surface area contributed by atoms with Crippen LogP contribution in [0.3, 0.4) is 0 Å². The van der Waals surface area contributed by atoms with Gasteiger partial charge < -0.3 is 14.4 Å². The Kier molecular flexibility index (Phi) is 12.3. The number of hydrogen-bond acceptors (Lipinski definition) is 3. The van der Waals surface area contributed by atoms with Crippen molar-refractivity contribution in [2.45, 2.75) is 0 Å². The van der Waals surface area contributed by atoms with Gasteiger partial charge in [-0.05, 0) is 0 Å². The van der Waals surface area contributed by atoms with Crippen LogP contribution in [0.5, 0.6) is 0 Å². The normalized spacial score (nSPS) is 8.57. The molecule has 0 heterocycles. The molecule has 3 nitrogen and oxygen atoms in total. The highest BCUT2D eigenvalue weighted by molar-refractivity contribution is 6.47. The van der Waals surface area contributed by atoms with E-state index in [2.05, 4.69) is 0 Å². The first-order valence-electron chi connectivity index (χ1n) is 0.860. The lowest BCUT2D eigenvalue weighted by molar-refractivity contribution is 0.165. The molecule has 0 aromatic carbocycles. The van der Waals surface area contributed by atoms with Crippen LogP contribution in [0.25, 0.3) is 0 Å². The van der Waals surface area contributed by atoms with Crippen molar-refractivity contribution in [3.8, 4) is 0 Å². The largest absolute Gasteiger partial charge is 0.711 e. The first kappa shape index (κ1) is 15.8. The second-order valence-electron chi connectivity index (χ2n) is 0.554. The molecule has 42 valence electrons. The minimum Gasteiger partial charge on any atom is -0.365 e. The van der Waals surface area contributed by atoms with Gasteiger partial charge in [0.05, 0.1) is 0 Å². The Morgan fingerprint density at radius 2 is 1.14 bits per heavy atom. The molecule has 0 unspecified atom stereocenters. The zero-order valence-electron chi connectivity index (χ0n) is 2.22. The second-order valence-corrected chi connectivity index (χ2v) is 1.66. The van der Waals surface area contributed by atoms with Crippen LogP contribution in [-0.4, -0.2) is 63.9 Å². The van der Waals surface area contributed by atoms with Crippen LogP contribution in [0.15, 0.2) is 0 Å². The molecule has 7 heavy (non-hydrogen) atoms. The molecule has 0 aromatic heterocycles. The summed E-state index contributed by atoms with van der Waals surface area (Å²) in [4.78, 5) is 21.3. The second kappa shape index (κ2) is 5.46. The number of rotatable bonds is 0. The average molecular weight is 154 g/mol. The summed E-state index contributed by atoms with van der Waals surface area (Å²) in [5.41, 5.74) is 0. The lowest BCUT2D eigenvalue weighted by Crippen LogP contribution is -2.27. The Labute approximate surface area is 68.0 Å². The van der Waals surface area contributed by atoms with E-state index in [0.717, 1.165) is 0 Å². The van der Waals surface area contributed by atoms with Gasteiger partial charge in [-0.2, -0.15) is 0 Å². The summed E-state index contributed by atoms with van der Waals surface area (Å²) < 4.78 is 10.5. The van der Waals surface area contributed by atoms with Gasteiger partial charge in [-0.15, -0.1) is 0 Å². The highest BCUT2D eigenvalue weighted by Gasteiger charge is 2.26. The maximum absolute atomic E-state index is 10.5. The Morgan fingerprint density at radius 3 is 1.14 bits per heavy atom. The van der Waals surface area contributed by atoms with Gasteiger partial charge in [0.15, 0.2) is 17.4 Å². The fourth-order valence-corrected chi connectivity index (χ4v) is 0. The number of halogens is 1. The molecule has 0 fully saturated rings. The van der Waals surface area contributed by atoms with E-state index in [1.165, 1.54) is 0 Å². The zero-order valence-corrected chi connectivity index (χ0v) is 3.22. The van der Waals surface area contributed by atoms with Crippen LogP contribution in [0.2, 0.25) is 0 Å². The van der Waals surface area contributed by atoms with E-state index in [1.807, 2.05) is 0 Å². The quantitative estimate of drug-likeness (QED) is 0.248. The van der Waals surface area contributed by atoms with Gasteiger partial charge in [0, 0.05) is 0 Å². The molecule has 0 saturated carbocycles. The van der Waals surface area contributed by atoms with Gasteiger partial charge in [0.25, 0.3) is 0 Å². The van der Waals surface area contributed by atoms with Crippen molar-refractivity contribution in [2.75, 3.05) is 0 Å². The third-order valence-electron chi connectivity index (χ3n) is 0. The minimum atomic E-state index is -5.11. The van der Waals surface area contributed by atoms with Crippen molar-refractivity contribution in [3.63, 3.8) is 0 Å². The van der Waals surface area contributed by atoms with Gasteiger partial charge in [-0.1, -0.05) is 0 Å². The lowest BCUT2D eigenvalue weighted by Gasteiger charge is -1.87. The van der Waals surface area contributed by atoms with Crippen LogP contribution in [0.1, 0.15) is 0 Å². The Hall–Kier alpha value is 1.33. The van der Waals surface area contributed by atoms with E-state index in [1.54, 1.807) is 0 Å². The zero-order chi connectivity index (χ0) is 4.50. The standard InChI is InChI=1S/Al.FH3O3Si.Mg.5H/c;1-5(2,3)4;;;;;;/h;2-4H;;;;;;. The van der Waals surface area contributed by atoms with Crippen LogP contribution < -0.4 is 0 Å². The molecule has 0 radical (unpaired) electrons. The summed E-state index contributed by atoms with van der Waals surface area (Å²) in [5, 5.41) is 0. The molecule has 0 spiro atoms. The molecule has 0 aromatic rings. The molecular formula is H8AlFMgO3Si. The topological polar surface area (TPSA) is 60.7 Å².